The molecule has 1 aromatic carbocycles. The Morgan fingerprint density at radius 1 is 1.27 bits per heavy atom. The molecule has 136 valence electrons. The van der Waals surface area contributed by atoms with Crippen LogP contribution in [0.4, 0.5) is 11.6 Å². The van der Waals surface area contributed by atoms with E-state index in [4.69, 9.17) is 9.72 Å². The number of thiophene rings is 1. The summed E-state index contributed by atoms with van der Waals surface area (Å²) in [6, 6.07) is 7.68. The lowest BCUT2D eigenvalue weighted by atomic mass is 9.97. The maximum atomic E-state index is 13.3. The zero-order valence-corrected chi connectivity index (χ0v) is 16.2. The SMILES string of the molecule is COc1cccc(Nc2nc3sc4c(c3c(=O)n2C(C)C)CCCC4)c1. The van der Waals surface area contributed by atoms with Crippen molar-refractivity contribution in [2.45, 2.75) is 45.6 Å². The number of benzene rings is 1. The van der Waals surface area contributed by atoms with Gasteiger partial charge in [0.1, 0.15) is 10.6 Å². The van der Waals surface area contributed by atoms with Gasteiger partial charge in [0.15, 0.2) is 0 Å². The zero-order chi connectivity index (χ0) is 18.3. The summed E-state index contributed by atoms with van der Waals surface area (Å²) in [6.45, 7) is 4.04. The first-order valence-corrected chi connectivity index (χ1v) is 9.88. The second-order valence-electron chi connectivity index (χ2n) is 6.95. The molecular formula is C20H23N3O2S. The van der Waals surface area contributed by atoms with Gasteiger partial charge in [-0.25, -0.2) is 4.98 Å². The third-order valence-electron chi connectivity index (χ3n) is 4.86. The molecule has 4 rings (SSSR count). The van der Waals surface area contributed by atoms with Crippen LogP contribution < -0.4 is 15.6 Å². The van der Waals surface area contributed by atoms with Crippen molar-refractivity contribution in [1.82, 2.24) is 9.55 Å². The molecule has 2 aromatic heterocycles. The number of aryl methyl sites for hydroxylation is 2. The molecule has 1 N–H and O–H groups in total. The van der Waals surface area contributed by atoms with Crippen LogP contribution in [0.3, 0.4) is 0 Å². The molecule has 5 nitrogen and oxygen atoms in total. The van der Waals surface area contributed by atoms with Gasteiger partial charge in [0, 0.05) is 22.7 Å². The van der Waals surface area contributed by atoms with E-state index in [0.717, 1.165) is 40.9 Å². The summed E-state index contributed by atoms with van der Waals surface area (Å²) >= 11 is 1.68. The molecule has 1 aliphatic carbocycles. The molecule has 0 unspecified atom stereocenters. The Kier molecular flexibility index (Phi) is 4.44. The third kappa shape index (κ3) is 2.88. The lowest BCUT2D eigenvalue weighted by Gasteiger charge is -2.17. The molecule has 3 aromatic rings. The molecule has 0 radical (unpaired) electrons. The van der Waals surface area contributed by atoms with Crippen LogP contribution in [-0.2, 0) is 12.8 Å². The van der Waals surface area contributed by atoms with Gasteiger partial charge < -0.3 is 10.1 Å². The molecule has 6 heteroatoms. The Hall–Kier alpha value is -2.34. The number of nitrogens with one attached hydrogen (secondary N) is 1. The van der Waals surface area contributed by atoms with Gasteiger partial charge in [-0.15, -0.1) is 11.3 Å². The van der Waals surface area contributed by atoms with Crippen LogP contribution in [0.15, 0.2) is 29.1 Å². The fourth-order valence-electron chi connectivity index (χ4n) is 3.61. The van der Waals surface area contributed by atoms with Crippen LogP contribution in [0, 0.1) is 0 Å². The quantitative estimate of drug-likeness (QED) is 0.726. The number of nitrogens with zero attached hydrogens (tertiary/aromatic N) is 2. The van der Waals surface area contributed by atoms with Crippen molar-refractivity contribution >= 4 is 33.2 Å². The minimum Gasteiger partial charge on any atom is -0.497 e. The summed E-state index contributed by atoms with van der Waals surface area (Å²) in [4.78, 5) is 20.3. The van der Waals surface area contributed by atoms with Crippen molar-refractivity contribution in [3.8, 4) is 5.75 Å². The fraction of sp³-hybridized carbons (Fsp3) is 0.400. The van der Waals surface area contributed by atoms with Crippen LogP contribution in [0.1, 0.15) is 43.2 Å². The van der Waals surface area contributed by atoms with E-state index in [1.807, 2.05) is 38.1 Å². The van der Waals surface area contributed by atoms with Crippen LogP contribution >= 0.6 is 11.3 Å². The zero-order valence-electron chi connectivity index (χ0n) is 15.3. The van der Waals surface area contributed by atoms with E-state index in [1.165, 1.54) is 16.9 Å². The molecule has 0 atom stereocenters. The average molecular weight is 369 g/mol. The summed E-state index contributed by atoms with van der Waals surface area (Å²) in [5, 5.41) is 4.15. The second kappa shape index (κ2) is 6.76. The van der Waals surface area contributed by atoms with Crippen molar-refractivity contribution < 1.29 is 4.74 Å². The Labute approximate surface area is 156 Å². The van der Waals surface area contributed by atoms with Crippen molar-refractivity contribution in [3.63, 3.8) is 0 Å². The van der Waals surface area contributed by atoms with Gasteiger partial charge in [-0.2, -0.15) is 0 Å². The Balaban J connectivity index is 1.88. The number of fused-ring (bicyclic) bond motifs is 3. The monoisotopic (exact) mass is 369 g/mol. The summed E-state index contributed by atoms with van der Waals surface area (Å²) in [6.07, 6.45) is 4.42. The van der Waals surface area contributed by atoms with E-state index in [-0.39, 0.29) is 11.6 Å². The molecule has 1 aliphatic rings. The Morgan fingerprint density at radius 3 is 2.85 bits per heavy atom. The van der Waals surface area contributed by atoms with Crippen LogP contribution in [0.5, 0.6) is 5.75 Å². The fourth-order valence-corrected chi connectivity index (χ4v) is 4.87. The number of rotatable bonds is 4. The first-order valence-electron chi connectivity index (χ1n) is 9.06. The van der Waals surface area contributed by atoms with E-state index in [0.29, 0.717) is 5.95 Å². The van der Waals surface area contributed by atoms with Gasteiger partial charge in [-0.3, -0.25) is 9.36 Å². The van der Waals surface area contributed by atoms with Gasteiger partial charge >= 0.3 is 0 Å². The number of hydrogen-bond donors (Lipinski definition) is 1. The molecule has 26 heavy (non-hydrogen) atoms. The van der Waals surface area contributed by atoms with Crippen LogP contribution in [0.25, 0.3) is 10.2 Å². The number of anilines is 2. The predicted octanol–water partition coefficient (Wildman–Crippen LogP) is 4.67. The highest BCUT2D eigenvalue weighted by molar-refractivity contribution is 7.18. The van der Waals surface area contributed by atoms with E-state index < -0.39 is 0 Å². The third-order valence-corrected chi connectivity index (χ3v) is 6.05. The maximum Gasteiger partial charge on any atom is 0.264 e. The number of hydrogen-bond acceptors (Lipinski definition) is 5. The first-order chi connectivity index (χ1) is 12.6. The molecule has 0 fully saturated rings. The molecule has 0 aliphatic heterocycles. The number of methoxy groups -OCH3 is 1. The highest BCUT2D eigenvalue weighted by Crippen LogP contribution is 2.35. The van der Waals surface area contributed by atoms with Gasteiger partial charge in [-0.05, 0) is 57.2 Å². The second-order valence-corrected chi connectivity index (χ2v) is 8.04. The minimum atomic E-state index is 0.0200. The minimum absolute atomic E-state index is 0.0200. The number of ether oxygens (including phenoxy) is 1. The lowest BCUT2D eigenvalue weighted by Crippen LogP contribution is -2.26. The van der Waals surface area contributed by atoms with Crippen molar-refractivity contribution in [2.24, 2.45) is 0 Å². The van der Waals surface area contributed by atoms with E-state index in [1.54, 1.807) is 23.0 Å². The standard InChI is InChI=1S/C20H23N3O2S/c1-12(2)23-19(24)17-15-9-4-5-10-16(15)26-18(17)22-20(23)21-13-7-6-8-14(11-13)25-3/h6-8,11-12H,4-5,9-10H2,1-3H3,(H,21,22). The molecule has 2 heterocycles. The topological polar surface area (TPSA) is 56.1 Å². The smallest absolute Gasteiger partial charge is 0.264 e. The van der Waals surface area contributed by atoms with E-state index in [2.05, 4.69) is 5.32 Å². The molecule has 0 saturated carbocycles. The van der Waals surface area contributed by atoms with Gasteiger partial charge in [0.05, 0.1) is 12.5 Å². The van der Waals surface area contributed by atoms with Gasteiger partial charge in [0.25, 0.3) is 5.56 Å². The lowest BCUT2D eigenvalue weighted by molar-refractivity contribution is 0.415. The van der Waals surface area contributed by atoms with Crippen LogP contribution in [0.2, 0.25) is 0 Å². The highest BCUT2D eigenvalue weighted by Gasteiger charge is 2.23. The molecular weight excluding hydrogens is 346 g/mol. The Morgan fingerprint density at radius 2 is 2.08 bits per heavy atom. The van der Waals surface area contributed by atoms with E-state index in [9.17, 15) is 4.79 Å². The molecule has 0 saturated heterocycles. The van der Waals surface area contributed by atoms with Gasteiger partial charge in [-0.1, -0.05) is 6.07 Å². The van der Waals surface area contributed by atoms with Crippen molar-refractivity contribution in [1.29, 1.82) is 0 Å². The van der Waals surface area contributed by atoms with Gasteiger partial charge in [0.2, 0.25) is 5.95 Å². The van der Waals surface area contributed by atoms with E-state index >= 15 is 0 Å². The largest absolute Gasteiger partial charge is 0.497 e. The summed E-state index contributed by atoms with van der Waals surface area (Å²) < 4.78 is 7.06. The molecule has 0 spiro atoms. The molecule has 0 amide bonds. The first kappa shape index (κ1) is 17.1. The Bertz CT molecular complexity index is 1020. The average Bonchev–Trinajstić information content (AvgIpc) is 3.00. The predicted molar refractivity (Wildman–Crippen MR) is 107 cm³/mol. The maximum absolute atomic E-state index is 13.3. The summed E-state index contributed by atoms with van der Waals surface area (Å²) in [5.41, 5.74) is 2.15. The highest BCUT2D eigenvalue weighted by atomic mass is 32.1. The number of aromatic nitrogens is 2. The summed E-state index contributed by atoms with van der Waals surface area (Å²) in [7, 11) is 1.64. The van der Waals surface area contributed by atoms with Crippen molar-refractivity contribution in [3.05, 3.63) is 45.1 Å². The molecule has 0 bridgehead atoms. The van der Waals surface area contributed by atoms with Crippen molar-refractivity contribution in [2.75, 3.05) is 12.4 Å². The summed E-state index contributed by atoms with van der Waals surface area (Å²) in [5.74, 6) is 1.35. The van der Waals surface area contributed by atoms with Crippen LogP contribution in [-0.4, -0.2) is 16.7 Å². The normalized spacial score (nSPS) is 13.8.